The van der Waals surface area contributed by atoms with Gasteiger partial charge in [-0.1, -0.05) is 35.1 Å². The predicted octanol–water partition coefficient (Wildman–Crippen LogP) is 4.32. The number of rotatable bonds is 4. The van der Waals surface area contributed by atoms with E-state index in [4.69, 9.17) is 0 Å². The van der Waals surface area contributed by atoms with Crippen molar-refractivity contribution < 1.29 is 13.5 Å². The van der Waals surface area contributed by atoms with E-state index in [0.29, 0.717) is 15.8 Å². The molecule has 0 bridgehead atoms. The van der Waals surface area contributed by atoms with E-state index in [9.17, 15) is 14.1 Å². The van der Waals surface area contributed by atoms with E-state index in [-0.39, 0.29) is 17.9 Å². The molecule has 0 saturated carbocycles. The highest BCUT2D eigenvalue weighted by atomic mass is 32.2. The number of aromatic nitrogens is 1. The van der Waals surface area contributed by atoms with Crippen molar-refractivity contribution in [3.63, 3.8) is 0 Å². The third-order valence-electron chi connectivity index (χ3n) is 4.31. The molecule has 4 aromatic rings. The molecular formula is C19H15N2O4S2-. The second kappa shape index (κ2) is 7.15. The summed E-state index contributed by atoms with van der Waals surface area (Å²) in [4.78, 5) is 15.1. The molecular weight excluding hydrogens is 384 g/mol. The van der Waals surface area contributed by atoms with Crippen LogP contribution in [0.5, 0.6) is 5.75 Å². The zero-order valence-corrected chi connectivity index (χ0v) is 15.9. The molecule has 0 saturated heterocycles. The first-order chi connectivity index (χ1) is 13.1. The topological polar surface area (TPSA) is 91.8 Å². The summed E-state index contributed by atoms with van der Waals surface area (Å²) >= 11 is 1.37. The molecule has 0 unspecified atom stereocenters. The minimum atomic E-state index is -1.65. The van der Waals surface area contributed by atoms with Crippen molar-refractivity contribution in [2.24, 2.45) is 4.36 Å². The third kappa shape index (κ3) is 3.23. The number of nitrogens with one attached hydrogen (secondary N) is 1. The van der Waals surface area contributed by atoms with Crippen LogP contribution in [0.4, 0.5) is 0 Å². The first-order valence-electron chi connectivity index (χ1n) is 8.07. The lowest BCUT2D eigenvalue weighted by Gasteiger charge is -2.11. The summed E-state index contributed by atoms with van der Waals surface area (Å²) in [6.45, 7) is 0.268. The van der Waals surface area contributed by atoms with Gasteiger partial charge in [0.15, 0.2) is 0 Å². The monoisotopic (exact) mass is 399 g/mol. The van der Waals surface area contributed by atoms with Crippen LogP contribution in [-0.2, 0) is 25.8 Å². The summed E-state index contributed by atoms with van der Waals surface area (Å²) in [5, 5.41) is 14.0. The summed E-state index contributed by atoms with van der Waals surface area (Å²) in [6, 6.07) is 12.7. The number of aromatic hydroxyl groups is 1. The molecule has 2 heterocycles. The van der Waals surface area contributed by atoms with Crippen LogP contribution in [0.3, 0.4) is 0 Å². The van der Waals surface area contributed by atoms with Gasteiger partial charge in [0.2, 0.25) is 0 Å². The molecule has 0 radical (unpaired) electrons. The maximum absolute atomic E-state index is 12.2. The van der Waals surface area contributed by atoms with Crippen LogP contribution in [0.1, 0.15) is 5.56 Å². The Bertz CT molecular complexity index is 1280. The molecule has 0 aliphatic rings. The highest BCUT2D eigenvalue weighted by Crippen LogP contribution is 2.39. The fraction of sp³-hybridized carbons (Fsp3) is 0.105. The number of H-pyrrole nitrogens is 1. The van der Waals surface area contributed by atoms with Gasteiger partial charge in [-0.3, -0.25) is 4.79 Å². The second-order valence-corrected chi connectivity index (χ2v) is 7.81. The SMILES string of the molecule is CO[S-](=O)=NCc1ccc(-c2c(O)ccc3[nH]c(=O)c4sccc4c23)cc1. The van der Waals surface area contributed by atoms with Crippen molar-refractivity contribution in [2.45, 2.75) is 6.54 Å². The standard InChI is InChI=1S/C19H15N2O4S2/c1-25-27(24)20-10-11-2-4-12(5-3-11)16-15(22)7-6-14-17(16)13-8-9-26-18(13)19(23)21-14/h2-9,22H,10H2,1H3,(H,21,23)/q-1. The number of hydrogen-bond acceptors (Lipinski definition) is 7. The molecule has 0 aliphatic carbocycles. The lowest BCUT2D eigenvalue weighted by molar-refractivity contribution is 0.436. The third-order valence-corrected chi connectivity index (χ3v) is 5.85. The first kappa shape index (κ1) is 17.7. The Morgan fingerprint density at radius 3 is 2.70 bits per heavy atom. The fourth-order valence-corrected chi connectivity index (χ4v) is 4.24. The molecule has 2 N–H and O–H groups in total. The van der Waals surface area contributed by atoms with Crippen molar-refractivity contribution in [3.8, 4) is 16.9 Å². The minimum Gasteiger partial charge on any atom is -0.507 e. The predicted molar refractivity (Wildman–Crippen MR) is 108 cm³/mol. The fourth-order valence-electron chi connectivity index (χ4n) is 3.09. The molecule has 0 amide bonds. The van der Waals surface area contributed by atoms with Crippen LogP contribution in [0.25, 0.3) is 32.1 Å². The zero-order chi connectivity index (χ0) is 19.0. The number of fused-ring (bicyclic) bond motifs is 3. The Morgan fingerprint density at radius 2 is 1.96 bits per heavy atom. The lowest BCUT2D eigenvalue weighted by atomic mass is 9.96. The lowest BCUT2D eigenvalue weighted by Crippen LogP contribution is -2.04. The van der Waals surface area contributed by atoms with Gasteiger partial charge in [-0.25, -0.2) is 0 Å². The number of nitrogens with zero attached hydrogens (tertiary/aromatic N) is 1. The van der Waals surface area contributed by atoms with Crippen molar-refractivity contribution >= 4 is 43.2 Å². The summed E-state index contributed by atoms with van der Waals surface area (Å²) < 4.78 is 20.4. The molecule has 8 heteroatoms. The highest BCUT2D eigenvalue weighted by molar-refractivity contribution is 7.69. The molecule has 4 rings (SSSR count). The van der Waals surface area contributed by atoms with E-state index in [1.807, 2.05) is 35.7 Å². The van der Waals surface area contributed by atoms with Crippen molar-refractivity contribution in [3.05, 3.63) is 63.8 Å². The van der Waals surface area contributed by atoms with Gasteiger partial charge in [-0.2, -0.15) is 0 Å². The van der Waals surface area contributed by atoms with Crippen molar-refractivity contribution in [1.82, 2.24) is 4.98 Å². The summed E-state index contributed by atoms with van der Waals surface area (Å²) in [5.41, 5.74) is 2.89. The summed E-state index contributed by atoms with van der Waals surface area (Å²) in [6.07, 6.45) is 0. The van der Waals surface area contributed by atoms with E-state index in [2.05, 4.69) is 13.5 Å². The van der Waals surface area contributed by atoms with Gasteiger partial charge in [0.1, 0.15) is 10.4 Å². The smallest absolute Gasteiger partial charge is 0.266 e. The Kier molecular flexibility index (Phi) is 4.69. The minimum absolute atomic E-state index is 0.132. The summed E-state index contributed by atoms with van der Waals surface area (Å²) in [7, 11) is -0.317. The van der Waals surface area contributed by atoms with Gasteiger partial charge in [-0.15, -0.1) is 11.3 Å². The second-order valence-electron chi connectivity index (χ2n) is 5.87. The Balaban J connectivity index is 1.89. The van der Waals surface area contributed by atoms with E-state index >= 15 is 0 Å². The average Bonchev–Trinajstić information content (AvgIpc) is 3.18. The van der Waals surface area contributed by atoms with Crippen LogP contribution in [0, 0.1) is 0 Å². The Morgan fingerprint density at radius 1 is 1.19 bits per heavy atom. The molecule has 27 heavy (non-hydrogen) atoms. The van der Waals surface area contributed by atoms with Gasteiger partial charge in [0.05, 0.1) is 0 Å². The van der Waals surface area contributed by atoms with Crippen LogP contribution in [-0.4, -0.2) is 17.2 Å². The van der Waals surface area contributed by atoms with Crippen molar-refractivity contribution in [2.75, 3.05) is 7.11 Å². The van der Waals surface area contributed by atoms with E-state index in [1.54, 1.807) is 12.1 Å². The molecule has 6 nitrogen and oxygen atoms in total. The molecule has 0 aliphatic heterocycles. The zero-order valence-electron chi connectivity index (χ0n) is 14.3. The van der Waals surface area contributed by atoms with Crippen molar-refractivity contribution in [1.29, 1.82) is 0 Å². The van der Waals surface area contributed by atoms with E-state index in [1.165, 1.54) is 18.4 Å². The number of aromatic amines is 1. The Hall–Kier alpha value is -2.68. The van der Waals surface area contributed by atoms with Gasteiger partial charge in [0, 0.05) is 35.5 Å². The van der Waals surface area contributed by atoms with Crippen LogP contribution >= 0.6 is 11.3 Å². The number of pyridine rings is 1. The normalized spacial score (nSPS) is 12.8. The maximum atomic E-state index is 12.2. The first-order valence-corrected chi connectivity index (χ1v) is 9.98. The van der Waals surface area contributed by atoms with E-state index in [0.717, 1.165) is 21.9 Å². The van der Waals surface area contributed by atoms with Gasteiger partial charge in [0.25, 0.3) is 5.56 Å². The molecule has 2 aromatic heterocycles. The van der Waals surface area contributed by atoms with Gasteiger partial charge in [-0.05, 0) is 34.7 Å². The van der Waals surface area contributed by atoms with Crippen LogP contribution in [0.2, 0.25) is 0 Å². The average molecular weight is 399 g/mol. The van der Waals surface area contributed by atoms with Gasteiger partial charge >= 0.3 is 0 Å². The quantitative estimate of drug-likeness (QED) is 0.500. The number of phenolic OH excluding ortho intramolecular Hbond substituents is 1. The highest BCUT2D eigenvalue weighted by Gasteiger charge is 2.15. The van der Waals surface area contributed by atoms with Crippen LogP contribution in [0.15, 0.2) is 57.0 Å². The molecule has 0 fully saturated rings. The number of phenols is 1. The number of thiophene rings is 1. The molecule has 0 atom stereocenters. The van der Waals surface area contributed by atoms with Gasteiger partial charge < -0.3 is 22.8 Å². The number of hydrogen-bond donors (Lipinski definition) is 2. The number of benzene rings is 2. The molecule has 0 spiro atoms. The Labute approximate surface area is 160 Å². The largest absolute Gasteiger partial charge is 0.507 e. The molecule has 2 aromatic carbocycles. The molecule has 138 valence electrons. The van der Waals surface area contributed by atoms with E-state index < -0.39 is 10.9 Å². The summed E-state index contributed by atoms with van der Waals surface area (Å²) in [5.74, 6) is 0.139. The van der Waals surface area contributed by atoms with Crippen LogP contribution < -0.4 is 5.56 Å². The maximum Gasteiger partial charge on any atom is 0.266 e.